The van der Waals surface area contributed by atoms with E-state index in [1.54, 1.807) is 0 Å². The Morgan fingerprint density at radius 2 is 2.00 bits per heavy atom. The molecule has 1 saturated heterocycles. The molecule has 2 aliphatic carbocycles. The standard InChI is InChI=1S/C12H22N4O/c1-15-4-6-16(7-5-15)13-11-9-2-3-10(8-9)12(11)14-17/h9-11,13,17H,2-8H2,1H3/b14-12-. The third-order valence-electron chi connectivity index (χ3n) is 4.62. The summed E-state index contributed by atoms with van der Waals surface area (Å²) < 4.78 is 0. The van der Waals surface area contributed by atoms with E-state index in [1.165, 1.54) is 19.3 Å². The number of oxime groups is 1. The quantitative estimate of drug-likeness (QED) is 0.539. The van der Waals surface area contributed by atoms with Crippen LogP contribution in [0, 0.1) is 11.8 Å². The second-order valence-electron chi connectivity index (χ2n) is 5.69. The van der Waals surface area contributed by atoms with Gasteiger partial charge in [-0.15, -0.1) is 0 Å². The Balaban J connectivity index is 1.61. The van der Waals surface area contributed by atoms with Gasteiger partial charge in [0.25, 0.3) is 0 Å². The Morgan fingerprint density at radius 1 is 1.24 bits per heavy atom. The van der Waals surface area contributed by atoms with E-state index < -0.39 is 0 Å². The van der Waals surface area contributed by atoms with E-state index in [9.17, 15) is 0 Å². The van der Waals surface area contributed by atoms with Crippen molar-refractivity contribution in [2.45, 2.75) is 25.3 Å². The van der Waals surface area contributed by atoms with Crippen LogP contribution in [-0.4, -0.2) is 60.1 Å². The van der Waals surface area contributed by atoms with Crippen LogP contribution < -0.4 is 5.43 Å². The third-order valence-corrected chi connectivity index (χ3v) is 4.62. The SMILES string of the molecule is CN1CCN(NC2/C(=N\O)C3CCC2C3)CC1. The molecule has 2 saturated carbocycles. The van der Waals surface area contributed by atoms with Crippen LogP contribution in [0.25, 0.3) is 0 Å². The van der Waals surface area contributed by atoms with Crippen LogP contribution in [0.1, 0.15) is 19.3 Å². The highest BCUT2D eigenvalue weighted by Crippen LogP contribution is 2.42. The van der Waals surface area contributed by atoms with Gasteiger partial charge >= 0.3 is 0 Å². The molecule has 17 heavy (non-hydrogen) atoms. The van der Waals surface area contributed by atoms with Crippen molar-refractivity contribution in [3.8, 4) is 0 Å². The van der Waals surface area contributed by atoms with Crippen LogP contribution in [0.4, 0.5) is 0 Å². The summed E-state index contributed by atoms with van der Waals surface area (Å²) in [5.41, 5.74) is 4.59. The lowest BCUT2D eigenvalue weighted by Crippen LogP contribution is -2.56. The minimum atomic E-state index is 0.294. The minimum absolute atomic E-state index is 0.294. The molecule has 3 rings (SSSR count). The monoisotopic (exact) mass is 238 g/mol. The fraction of sp³-hybridized carbons (Fsp3) is 0.917. The molecule has 3 fully saturated rings. The number of likely N-dealkylation sites (N-methyl/N-ethyl adjacent to an activating group) is 1. The van der Waals surface area contributed by atoms with Gasteiger partial charge in [0.2, 0.25) is 0 Å². The molecule has 96 valence electrons. The minimum Gasteiger partial charge on any atom is -0.411 e. The van der Waals surface area contributed by atoms with Gasteiger partial charge in [-0.3, -0.25) is 0 Å². The van der Waals surface area contributed by atoms with Crippen molar-refractivity contribution < 1.29 is 5.21 Å². The van der Waals surface area contributed by atoms with Gasteiger partial charge in [-0.1, -0.05) is 5.16 Å². The number of hydrogen-bond acceptors (Lipinski definition) is 5. The fourth-order valence-corrected chi connectivity index (χ4v) is 3.53. The molecule has 5 heteroatoms. The van der Waals surface area contributed by atoms with Crippen molar-refractivity contribution in [1.29, 1.82) is 0 Å². The molecular formula is C12H22N4O. The number of hydrazine groups is 1. The molecule has 0 aromatic rings. The first kappa shape index (κ1) is 11.4. The highest BCUT2D eigenvalue weighted by molar-refractivity contribution is 5.94. The Hall–Kier alpha value is -0.650. The molecule has 3 aliphatic rings. The van der Waals surface area contributed by atoms with Gasteiger partial charge in [-0.25, -0.2) is 10.4 Å². The van der Waals surface area contributed by atoms with Crippen molar-refractivity contribution >= 4 is 5.71 Å². The number of hydrogen-bond donors (Lipinski definition) is 2. The van der Waals surface area contributed by atoms with Gasteiger partial charge in [-0.2, -0.15) is 0 Å². The molecule has 0 amide bonds. The fourth-order valence-electron chi connectivity index (χ4n) is 3.53. The molecule has 1 aliphatic heterocycles. The van der Waals surface area contributed by atoms with Crippen molar-refractivity contribution in [2.24, 2.45) is 17.0 Å². The molecule has 5 nitrogen and oxygen atoms in total. The molecule has 3 unspecified atom stereocenters. The van der Waals surface area contributed by atoms with Crippen LogP contribution in [0.5, 0.6) is 0 Å². The zero-order valence-corrected chi connectivity index (χ0v) is 10.5. The maximum Gasteiger partial charge on any atom is 0.0787 e. The maximum absolute atomic E-state index is 9.15. The maximum atomic E-state index is 9.15. The Labute approximate surface area is 102 Å². The number of fused-ring (bicyclic) bond motifs is 2. The summed E-state index contributed by atoms with van der Waals surface area (Å²) >= 11 is 0. The van der Waals surface area contributed by atoms with Crippen LogP contribution in [0.15, 0.2) is 5.16 Å². The first-order chi connectivity index (χ1) is 8.28. The highest BCUT2D eigenvalue weighted by Gasteiger charge is 2.46. The van der Waals surface area contributed by atoms with Gasteiger partial charge in [0, 0.05) is 32.1 Å². The average Bonchev–Trinajstić information content (AvgIpc) is 2.92. The zero-order chi connectivity index (χ0) is 11.8. The van der Waals surface area contributed by atoms with Crippen molar-refractivity contribution in [3.05, 3.63) is 0 Å². The van der Waals surface area contributed by atoms with Gasteiger partial charge < -0.3 is 10.1 Å². The second-order valence-corrected chi connectivity index (χ2v) is 5.69. The smallest absolute Gasteiger partial charge is 0.0787 e. The average molecular weight is 238 g/mol. The normalized spacial score (nSPS) is 41.5. The van der Waals surface area contributed by atoms with Gasteiger partial charge in [0.15, 0.2) is 0 Å². The van der Waals surface area contributed by atoms with E-state index in [0.29, 0.717) is 17.9 Å². The van der Waals surface area contributed by atoms with E-state index in [-0.39, 0.29) is 0 Å². The summed E-state index contributed by atoms with van der Waals surface area (Å²) in [5.74, 6) is 1.22. The number of rotatable bonds is 2. The van der Waals surface area contributed by atoms with Crippen molar-refractivity contribution in [1.82, 2.24) is 15.3 Å². The first-order valence-corrected chi connectivity index (χ1v) is 6.69. The number of piperazine rings is 1. The molecular weight excluding hydrogens is 216 g/mol. The number of nitrogens with zero attached hydrogens (tertiary/aromatic N) is 3. The van der Waals surface area contributed by atoms with Gasteiger partial charge in [-0.05, 0) is 32.2 Å². The predicted octanol–water partition coefficient (Wildman–Crippen LogP) is 0.367. The summed E-state index contributed by atoms with van der Waals surface area (Å²) in [7, 11) is 2.16. The first-order valence-electron chi connectivity index (χ1n) is 6.69. The summed E-state index contributed by atoms with van der Waals surface area (Å²) in [4.78, 5) is 2.35. The lowest BCUT2D eigenvalue weighted by molar-refractivity contribution is 0.0884. The summed E-state index contributed by atoms with van der Waals surface area (Å²) in [5, 5.41) is 15.0. The Bertz CT molecular complexity index is 312. The van der Waals surface area contributed by atoms with E-state index in [2.05, 4.69) is 27.5 Å². The molecule has 0 radical (unpaired) electrons. The van der Waals surface area contributed by atoms with Crippen molar-refractivity contribution in [2.75, 3.05) is 33.2 Å². The van der Waals surface area contributed by atoms with E-state index >= 15 is 0 Å². The molecule has 3 atom stereocenters. The van der Waals surface area contributed by atoms with Crippen molar-refractivity contribution in [3.63, 3.8) is 0 Å². The lowest BCUT2D eigenvalue weighted by atomic mass is 9.94. The van der Waals surface area contributed by atoms with Crippen LogP contribution >= 0.6 is 0 Å². The zero-order valence-electron chi connectivity index (χ0n) is 10.5. The number of nitrogens with one attached hydrogen (secondary N) is 1. The Kier molecular flexibility index (Phi) is 3.06. The molecule has 0 spiro atoms. The lowest BCUT2D eigenvalue weighted by Gasteiger charge is -2.36. The predicted molar refractivity (Wildman–Crippen MR) is 66.0 cm³/mol. The topological polar surface area (TPSA) is 51.1 Å². The van der Waals surface area contributed by atoms with Crippen LogP contribution in [-0.2, 0) is 0 Å². The van der Waals surface area contributed by atoms with E-state index in [1.807, 2.05) is 0 Å². The van der Waals surface area contributed by atoms with Gasteiger partial charge in [0.05, 0.1) is 11.8 Å². The van der Waals surface area contributed by atoms with Crippen LogP contribution in [0.3, 0.4) is 0 Å². The summed E-state index contributed by atoms with van der Waals surface area (Å²) in [6, 6.07) is 0.294. The summed E-state index contributed by atoms with van der Waals surface area (Å²) in [6.07, 6.45) is 3.71. The molecule has 0 aromatic carbocycles. The molecule has 0 aromatic heterocycles. The van der Waals surface area contributed by atoms with E-state index in [4.69, 9.17) is 5.21 Å². The third kappa shape index (κ3) is 2.07. The van der Waals surface area contributed by atoms with E-state index in [0.717, 1.165) is 31.9 Å². The Morgan fingerprint density at radius 3 is 2.71 bits per heavy atom. The van der Waals surface area contributed by atoms with Gasteiger partial charge in [0.1, 0.15) is 0 Å². The highest BCUT2D eigenvalue weighted by atomic mass is 16.4. The molecule has 2 N–H and O–H groups in total. The molecule has 2 bridgehead atoms. The second kappa shape index (κ2) is 4.55. The van der Waals surface area contributed by atoms with Crippen LogP contribution in [0.2, 0.25) is 0 Å². The largest absolute Gasteiger partial charge is 0.411 e. The summed E-state index contributed by atoms with van der Waals surface area (Å²) in [6.45, 7) is 4.34. The molecule has 1 heterocycles.